The summed E-state index contributed by atoms with van der Waals surface area (Å²) >= 11 is 5.82. The molecule has 0 spiro atoms. The van der Waals surface area contributed by atoms with Gasteiger partial charge in [0.2, 0.25) is 0 Å². The quantitative estimate of drug-likeness (QED) is 0.657. The average molecular weight is 383 g/mol. The number of aromatic nitrogens is 1. The SMILES string of the molecule is CCc1nc2ccccc2c(C)c1C(=O)OCC(=O)Nc1ccc(Cl)cc1. The van der Waals surface area contributed by atoms with Crippen LogP contribution in [0.25, 0.3) is 10.9 Å². The summed E-state index contributed by atoms with van der Waals surface area (Å²) < 4.78 is 5.24. The normalized spacial score (nSPS) is 10.6. The van der Waals surface area contributed by atoms with E-state index in [0.29, 0.717) is 28.4 Å². The van der Waals surface area contributed by atoms with E-state index in [1.54, 1.807) is 24.3 Å². The number of nitrogens with one attached hydrogen (secondary N) is 1. The molecule has 1 heterocycles. The number of anilines is 1. The molecule has 5 nitrogen and oxygen atoms in total. The van der Waals surface area contributed by atoms with Crippen molar-refractivity contribution in [1.82, 2.24) is 4.98 Å². The van der Waals surface area contributed by atoms with Crippen LogP contribution in [0.3, 0.4) is 0 Å². The second-order valence-corrected chi connectivity index (χ2v) is 6.50. The molecule has 0 aliphatic rings. The zero-order chi connectivity index (χ0) is 19.4. The Morgan fingerprint density at radius 1 is 1.11 bits per heavy atom. The van der Waals surface area contributed by atoms with Crippen molar-refractivity contribution in [2.24, 2.45) is 0 Å². The highest BCUT2D eigenvalue weighted by Crippen LogP contribution is 2.24. The van der Waals surface area contributed by atoms with Crippen LogP contribution in [0, 0.1) is 6.92 Å². The second kappa shape index (κ2) is 8.18. The van der Waals surface area contributed by atoms with Crippen LogP contribution in [0.2, 0.25) is 5.02 Å². The second-order valence-electron chi connectivity index (χ2n) is 6.06. The monoisotopic (exact) mass is 382 g/mol. The molecule has 3 rings (SSSR count). The molecule has 0 unspecified atom stereocenters. The summed E-state index contributed by atoms with van der Waals surface area (Å²) in [5, 5.41) is 4.13. The van der Waals surface area contributed by atoms with Crippen molar-refractivity contribution in [2.45, 2.75) is 20.3 Å². The van der Waals surface area contributed by atoms with Crippen LogP contribution < -0.4 is 5.32 Å². The number of rotatable bonds is 5. The van der Waals surface area contributed by atoms with E-state index in [2.05, 4.69) is 10.3 Å². The fourth-order valence-electron chi connectivity index (χ4n) is 2.90. The summed E-state index contributed by atoms with van der Waals surface area (Å²) in [7, 11) is 0. The Morgan fingerprint density at radius 2 is 1.81 bits per heavy atom. The maximum absolute atomic E-state index is 12.6. The molecule has 0 radical (unpaired) electrons. The van der Waals surface area contributed by atoms with Crippen LogP contribution in [0.15, 0.2) is 48.5 Å². The van der Waals surface area contributed by atoms with E-state index < -0.39 is 11.9 Å². The molecule has 27 heavy (non-hydrogen) atoms. The maximum Gasteiger partial charge on any atom is 0.340 e. The Hall–Kier alpha value is -2.92. The van der Waals surface area contributed by atoms with Crippen molar-refractivity contribution in [3.05, 3.63) is 70.4 Å². The summed E-state index contributed by atoms with van der Waals surface area (Å²) in [6.07, 6.45) is 0.590. The third-order valence-corrected chi connectivity index (χ3v) is 4.48. The van der Waals surface area contributed by atoms with Gasteiger partial charge in [0, 0.05) is 16.1 Å². The van der Waals surface area contributed by atoms with E-state index in [1.165, 1.54) is 0 Å². The van der Waals surface area contributed by atoms with Crippen molar-refractivity contribution in [3.8, 4) is 0 Å². The maximum atomic E-state index is 12.6. The standard InChI is InChI=1S/C21H19ClN2O3/c1-3-17-20(13(2)16-6-4-5-7-18(16)24-17)21(26)27-12-19(25)23-15-10-8-14(22)9-11-15/h4-11H,3,12H2,1-2H3,(H,23,25). The minimum absolute atomic E-state index is 0.378. The van der Waals surface area contributed by atoms with Gasteiger partial charge in [0.1, 0.15) is 0 Å². The lowest BCUT2D eigenvalue weighted by Crippen LogP contribution is -2.22. The van der Waals surface area contributed by atoms with Crippen LogP contribution >= 0.6 is 11.6 Å². The number of carbonyl (C=O) groups excluding carboxylic acids is 2. The van der Waals surface area contributed by atoms with Crippen LogP contribution in [0.1, 0.15) is 28.5 Å². The number of halogens is 1. The molecule has 0 fully saturated rings. The third kappa shape index (κ3) is 4.26. The van der Waals surface area contributed by atoms with E-state index >= 15 is 0 Å². The van der Waals surface area contributed by atoms with Crippen molar-refractivity contribution >= 4 is 40.1 Å². The predicted molar refractivity (Wildman–Crippen MR) is 106 cm³/mol. The molecular formula is C21H19ClN2O3. The van der Waals surface area contributed by atoms with E-state index in [-0.39, 0.29) is 6.61 Å². The number of carbonyl (C=O) groups is 2. The lowest BCUT2D eigenvalue weighted by molar-refractivity contribution is -0.119. The Labute approximate surface area is 162 Å². The largest absolute Gasteiger partial charge is 0.452 e. The van der Waals surface area contributed by atoms with Crippen molar-refractivity contribution in [3.63, 3.8) is 0 Å². The van der Waals surface area contributed by atoms with Gasteiger partial charge in [-0.2, -0.15) is 0 Å². The van der Waals surface area contributed by atoms with E-state index in [0.717, 1.165) is 16.5 Å². The molecule has 0 atom stereocenters. The van der Waals surface area contributed by atoms with Gasteiger partial charge in [0.25, 0.3) is 5.91 Å². The first-order valence-electron chi connectivity index (χ1n) is 8.60. The van der Waals surface area contributed by atoms with Gasteiger partial charge < -0.3 is 10.1 Å². The molecule has 6 heteroatoms. The van der Waals surface area contributed by atoms with Crippen LogP contribution in [0.5, 0.6) is 0 Å². The zero-order valence-corrected chi connectivity index (χ0v) is 15.8. The smallest absolute Gasteiger partial charge is 0.340 e. The van der Waals surface area contributed by atoms with Gasteiger partial charge >= 0.3 is 5.97 Å². The number of amides is 1. The average Bonchev–Trinajstić information content (AvgIpc) is 2.67. The number of esters is 1. The van der Waals surface area contributed by atoms with Gasteiger partial charge in [-0.15, -0.1) is 0 Å². The minimum Gasteiger partial charge on any atom is -0.452 e. The number of ether oxygens (including phenoxy) is 1. The Morgan fingerprint density at radius 3 is 2.52 bits per heavy atom. The molecular weight excluding hydrogens is 364 g/mol. The van der Waals surface area contributed by atoms with Gasteiger partial charge in [0.05, 0.1) is 16.8 Å². The fraction of sp³-hybridized carbons (Fsp3) is 0.190. The molecule has 138 valence electrons. The number of aryl methyl sites for hydroxylation is 2. The first kappa shape index (κ1) is 18.9. The number of benzene rings is 2. The number of nitrogens with zero attached hydrogens (tertiary/aromatic N) is 1. The number of para-hydroxylation sites is 1. The van der Waals surface area contributed by atoms with Gasteiger partial charge in [-0.3, -0.25) is 9.78 Å². The molecule has 1 aromatic heterocycles. The van der Waals surface area contributed by atoms with Gasteiger partial charge in [0.15, 0.2) is 6.61 Å². The van der Waals surface area contributed by atoms with Crippen LogP contribution in [0.4, 0.5) is 5.69 Å². The first-order valence-corrected chi connectivity index (χ1v) is 8.98. The summed E-state index contributed by atoms with van der Waals surface area (Å²) in [5.74, 6) is -0.969. The van der Waals surface area contributed by atoms with Crippen LogP contribution in [-0.4, -0.2) is 23.5 Å². The lowest BCUT2D eigenvalue weighted by Gasteiger charge is -2.13. The van der Waals surface area contributed by atoms with E-state index in [9.17, 15) is 9.59 Å². The van der Waals surface area contributed by atoms with Gasteiger partial charge in [-0.05, 0) is 49.2 Å². The zero-order valence-electron chi connectivity index (χ0n) is 15.1. The van der Waals surface area contributed by atoms with E-state index in [1.807, 2.05) is 38.1 Å². The highest BCUT2D eigenvalue weighted by atomic mass is 35.5. The molecule has 0 aliphatic carbocycles. The summed E-state index contributed by atoms with van der Waals surface area (Å²) in [6.45, 7) is 3.42. The molecule has 0 aliphatic heterocycles. The number of pyridine rings is 1. The molecule has 0 bridgehead atoms. The number of hydrogen-bond donors (Lipinski definition) is 1. The lowest BCUT2D eigenvalue weighted by atomic mass is 10.0. The third-order valence-electron chi connectivity index (χ3n) is 4.23. The molecule has 0 saturated carbocycles. The number of hydrogen-bond acceptors (Lipinski definition) is 4. The van der Waals surface area contributed by atoms with Crippen molar-refractivity contribution < 1.29 is 14.3 Å². The van der Waals surface area contributed by atoms with Crippen molar-refractivity contribution in [2.75, 3.05) is 11.9 Å². The van der Waals surface area contributed by atoms with Crippen LogP contribution in [-0.2, 0) is 16.0 Å². The van der Waals surface area contributed by atoms with Gasteiger partial charge in [-0.1, -0.05) is 36.7 Å². The molecule has 3 aromatic rings. The Balaban J connectivity index is 1.75. The number of fused-ring (bicyclic) bond motifs is 1. The topological polar surface area (TPSA) is 68.3 Å². The van der Waals surface area contributed by atoms with Gasteiger partial charge in [-0.25, -0.2) is 4.79 Å². The van der Waals surface area contributed by atoms with E-state index in [4.69, 9.17) is 16.3 Å². The highest BCUT2D eigenvalue weighted by Gasteiger charge is 2.20. The highest BCUT2D eigenvalue weighted by molar-refractivity contribution is 6.30. The predicted octanol–water partition coefficient (Wildman–Crippen LogP) is 4.55. The summed E-state index contributed by atoms with van der Waals surface area (Å²) in [6, 6.07) is 14.3. The summed E-state index contributed by atoms with van der Waals surface area (Å²) in [4.78, 5) is 29.2. The minimum atomic E-state index is -0.547. The molecule has 1 N–H and O–H groups in total. The molecule has 2 aromatic carbocycles. The fourth-order valence-corrected chi connectivity index (χ4v) is 3.03. The molecule has 0 saturated heterocycles. The first-order chi connectivity index (χ1) is 13.0. The van der Waals surface area contributed by atoms with Crippen molar-refractivity contribution in [1.29, 1.82) is 0 Å². The summed E-state index contributed by atoms with van der Waals surface area (Å²) in [5.41, 5.74) is 3.31. The Kier molecular flexibility index (Phi) is 5.72. The molecule has 1 amide bonds. The Bertz CT molecular complexity index is 1000.